The van der Waals surface area contributed by atoms with E-state index in [1.54, 1.807) is 17.2 Å². The summed E-state index contributed by atoms with van der Waals surface area (Å²) in [6.07, 6.45) is 5.60. The monoisotopic (exact) mass is 569 g/mol. The Labute approximate surface area is 226 Å². The average molecular weight is 570 g/mol. The molecule has 5 aromatic rings. The molecule has 2 aromatic carbocycles. The maximum Gasteiger partial charge on any atom is 0.326 e. The van der Waals surface area contributed by atoms with Gasteiger partial charge in [-0.2, -0.15) is 0 Å². The molecule has 0 aliphatic carbocycles. The third-order valence-electron chi connectivity index (χ3n) is 7.66. The van der Waals surface area contributed by atoms with Gasteiger partial charge in [-0.1, -0.05) is 34.1 Å². The van der Waals surface area contributed by atoms with Gasteiger partial charge in [0, 0.05) is 47.3 Å². The average Bonchev–Trinajstić information content (AvgIpc) is 3.53. The van der Waals surface area contributed by atoms with Gasteiger partial charge in [0.15, 0.2) is 0 Å². The summed E-state index contributed by atoms with van der Waals surface area (Å²) in [4.78, 5) is 46.6. The van der Waals surface area contributed by atoms with Crippen molar-refractivity contribution in [3.05, 3.63) is 87.3 Å². The Bertz CT molecular complexity index is 1770. The predicted molar refractivity (Wildman–Crippen MR) is 150 cm³/mol. The first kappa shape index (κ1) is 23.1. The van der Waals surface area contributed by atoms with Crippen molar-refractivity contribution < 1.29 is 4.79 Å². The molecule has 0 spiro atoms. The second-order valence-corrected chi connectivity index (χ2v) is 10.7. The summed E-state index contributed by atoms with van der Waals surface area (Å²) < 4.78 is 2.91. The van der Waals surface area contributed by atoms with E-state index in [1.165, 1.54) is 6.33 Å². The number of anilines is 2. The number of pyridine rings is 1. The number of imidazole rings is 1. The fraction of sp³-hybridized carbons (Fsp3) is 0.250. The fourth-order valence-corrected chi connectivity index (χ4v) is 6.22. The zero-order chi connectivity index (χ0) is 25.8. The Kier molecular flexibility index (Phi) is 5.50. The van der Waals surface area contributed by atoms with Gasteiger partial charge >= 0.3 is 5.69 Å². The number of carbonyl (C=O) groups excluding carboxylic acids is 1. The number of benzene rings is 2. The molecule has 1 fully saturated rings. The maximum atomic E-state index is 13.4. The second-order valence-electron chi connectivity index (χ2n) is 9.80. The van der Waals surface area contributed by atoms with Gasteiger partial charge in [0.25, 0.3) is 5.91 Å². The van der Waals surface area contributed by atoms with Crippen LogP contribution in [0.2, 0.25) is 0 Å². The number of nitrogens with one attached hydrogen (secondary N) is 1. The van der Waals surface area contributed by atoms with Crippen molar-refractivity contribution in [2.45, 2.75) is 25.3 Å². The van der Waals surface area contributed by atoms with Gasteiger partial charge < -0.3 is 14.8 Å². The van der Waals surface area contributed by atoms with Crippen LogP contribution in [-0.2, 0) is 6.42 Å². The lowest BCUT2D eigenvalue weighted by molar-refractivity contribution is 0.0984. The van der Waals surface area contributed by atoms with Crippen LogP contribution in [0.1, 0.15) is 34.9 Å². The highest BCUT2D eigenvalue weighted by Crippen LogP contribution is 2.33. The molecule has 9 nitrogen and oxygen atoms in total. The van der Waals surface area contributed by atoms with Gasteiger partial charge in [-0.15, -0.1) is 0 Å². The minimum absolute atomic E-state index is 0.0571. The van der Waals surface area contributed by atoms with Crippen LogP contribution < -0.4 is 15.5 Å². The van der Waals surface area contributed by atoms with Crippen molar-refractivity contribution in [3.8, 4) is 0 Å². The summed E-state index contributed by atoms with van der Waals surface area (Å²) in [5.41, 5.74) is 4.91. The largest absolute Gasteiger partial charge is 0.356 e. The van der Waals surface area contributed by atoms with Crippen LogP contribution in [0.15, 0.2) is 70.3 Å². The van der Waals surface area contributed by atoms with Gasteiger partial charge in [0.1, 0.15) is 17.8 Å². The lowest BCUT2D eigenvalue weighted by Crippen LogP contribution is -2.37. The molecule has 1 saturated heterocycles. The number of H-pyrrole nitrogens is 1. The zero-order valence-corrected chi connectivity index (χ0v) is 22.1. The number of rotatable bonds is 3. The molecular weight excluding hydrogens is 546 g/mol. The van der Waals surface area contributed by atoms with Crippen molar-refractivity contribution in [1.82, 2.24) is 24.5 Å². The molecule has 190 valence electrons. The Hall–Kier alpha value is -4.05. The first-order valence-electron chi connectivity index (χ1n) is 12.7. The topological polar surface area (TPSA) is 100 Å². The van der Waals surface area contributed by atoms with Gasteiger partial charge in [0.05, 0.1) is 22.7 Å². The number of aromatic amines is 1. The molecule has 7 rings (SSSR count). The molecule has 1 amide bonds. The molecule has 3 aromatic heterocycles. The number of hydrogen-bond donors (Lipinski definition) is 1. The summed E-state index contributed by atoms with van der Waals surface area (Å²) in [5, 5.41) is 0.973. The van der Waals surface area contributed by atoms with Crippen molar-refractivity contribution >= 4 is 55.3 Å². The van der Waals surface area contributed by atoms with E-state index >= 15 is 0 Å². The van der Waals surface area contributed by atoms with Crippen LogP contribution in [0.25, 0.3) is 21.9 Å². The van der Waals surface area contributed by atoms with E-state index in [9.17, 15) is 9.59 Å². The molecule has 0 bridgehead atoms. The molecule has 5 heterocycles. The quantitative estimate of drug-likeness (QED) is 0.344. The molecule has 1 N–H and O–H groups in total. The van der Waals surface area contributed by atoms with Gasteiger partial charge in [-0.05, 0) is 49.1 Å². The van der Waals surface area contributed by atoms with Crippen LogP contribution >= 0.6 is 15.9 Å². The normalized spacial score (nSPS) is 15.9. The van der Waals surface area contributed by atoms with E-state index in [-0.39, 0.29) is 17.6 Å². The highest BCUT2D eigenvalue weighted by molar-refractivity contribution is 9.10. The van der Waals surface area contributed by atoms with Crippen molar-refractivity contribution in [2.75, 3.05) is 29.4 Å². The fourth-order valence-electron chi connectivity index (χ4n) is 5.81. The summed E-state index contributed by atoms with van der Waals surface area (Å²) in [5.74, 6) is 0.619. The Morgan fingerprint density at radius 2 is 1.84 bits per heavy atom. The standard InChI is InChI=1S/C28H24BrN7O2/c29-18-5-6-24-17(13-18)7-12-35(24)27(37)22-14-25(32-16-31-22)34-10-8-19(9-11-34)36-26-20-3-1-2-4-21(20)30-15-23(26)33-28(36)38/h1-6,13-16,19H,7-12H2,(H,33,38). The minimum atomic E-state index is -0.115. The number of para-hydroxylation sites is 1. The molecule has 38 heavy (non-hydrogen) atoms. The van der Waals surface area contributed by atoms with Gasteiger partial charge in [-0.25, -0.2) is 14.8 Å². The summed E-state index contributed by atoms with van der Waals surface area (Å²) >= 11 is 3.51. The van der Waals surface area contributed by atoms with Crippen molar-refractivity contribution in [1.29, 1.82) is 0 Å². The van der Waals surface area contributed by atoms with Crippen molar-refractivity contribution in [2.24, 2.45) is 0 Å². The maximum absolute atomic E-state index is 13.4. The van der Waals surface area contributed by atoms with Crippen LogP contribution in [0.3, 0.4) is 0 Å². The second kappa shape index (κ2) is 9.05. The van der Waals surface area contributed by atoms with E-state index in [2.05, 4.69) is 46.8 Å². The Morgan fingerprint density at radius 3 is 2.71 bits per heavy atom. The minimum Gasteiger partial charge on any atom is -0.356 e. The van der Waals surface area contributed by atoms with Crippen molar-refractivity contribution in [3.63, 3.8) is 0 Å². The number of amides is 1. The molecule has 0 atom stereocenters. The lowest BCUT2D eigenvalue weighted by Gasteiger charge is -2.33. The number of hydrogen-bond acceptors (Lipinski definition) is 6. The number of aromatic nitrogens is 5. The third-order valence-corrected chi connectivity index (χ3v) is 8.15. The van der Waals surface area contributed by atoms with E-state index in [4.69, 9.17) is 0 Å². The van der Waals surface area contributed by atoms with Crippen LogP contribution in [-0.4, -0.2) is 50.0 Å². The number of nitrogens with zero attached hydrogens (tertiary/aromatic N) is 6. The highest BCUT2D eigenvalue weighted by atomic mass is 79.9. The van der Waals surface area contributed by atoms with E-state index in [0.29, 0.717) is 12.2 Å². The highest BCUT2D eigenvalue weighted by Gasteiger charge is 2.29. The molecule has 0 unspecified atom stereocenters. The van der Waals surface area contributed by atoms with E-state index in [1.807, 2.05) is 41.0 Å². The van der Waals surface area contributed by atoms with E-state index < -0.39 is 0 Å². The summed E-state index contributed by atoms with van der Waals surface area (Å²) in [6, 6.07) is 15.8. The number of carbonyl (C=O) groups is 1. The van der Waals surface area contributed by atoms with Crippen LogP contribution in [0.5, 0.6) is 0 Å². The van der Waals surface area contributed by atoms with Gasteiger partial charge in [-0.3, -0.25) is 14.3 Å². The molecule has 0 saturated carbocycles. The predicted octanol–water partition coefficient (Wildman–Crippen LogP) is 4.47. The number of fused-ring (bicyclic) bond motifs is 4. The first-order valence-corrected chi connectivity index (χ1v) is 13.5. The molecule has 2 aliphatic heterocycles. The third kappa shape index (κ3) is 3.78. The molecule has 0 radical (unpaired) electrons. The Balaban J connectivity index is 1.12. The van der Waals surface area contributed by atoms with E-state index in [0.717, 1.165) is 75.8 Å². The van der Waals surface area contributed by atoms with Gasteiger partial charge in [0.2, 0.25) is 0 Å². The zero-order valence-electron chi connectivity index (χ0n) is 20.5. The SMILES string of the molecule is O=C(c1cc(N2CCC(n3c(=O)[nH]c4cnc5ccccc5c43)CC2)ncn1)N1CCc2cc(Br)ccc21. The number of piperidine rings is 1. The van der Waals surface area contributed by atoms with Crippen LogP contribution in [0.4, 0.5) is 11.5 Å². The van der Waals surface area contributed by atoms with Crippen LogP contribution in [0, 0.1) is 0 Å². The summed E-state index contributed by atoms with van der Waals surface area (Å²) in [7, 11) is 0. The molecule has 2 aliphatic rings. The summed E-state index contributed by atoms with van der Waals surface area (Å²) in [6.45, 7) is 2.08. The molecular formula is C28H24BrN7O2. The first-order chi connectivity index (χ1) is 18.6. The number of halogens is 1. The molecule has 10 heteroatoms. The lowest BCUT2D eigenvalue weighted by atomic mass is 10.0. The smallest absolute Gasteiger partial charge is 0.326 e. The Morgan fingerprint density at radius 1 is 1.00 bits per heavy atom.